The average Bonchev–Trinajstić information content (AvgIpc) is 3.21. The highest BCUT2D eigenvalue weighted by Crippen LogP contribution is 2.36. The number of benzene rings is 1. The number of esters is 1. The molecule has 0 bridgehead atoms. The predicted molar refractivity (Wildman–Crippen MR) is 101 cm³/mol. The van der Waals surface area contributed by atoms with Crippen molar-refractivity contribution in [2.75, 3.05) is 12.8 Å². The van der Waals surface area contributed by atoms with Crippen LogP contribution in [0, 0.1) is 0 Å². The van der Waals surface area contributed by atoms with Gasteiger partial charge in [-0.1, -0.05) is 6.07 Å². The highest BCUT2D eigenvalue weighted by atomic mass is 16.6. The fourth-order valence-electron chi connectivity index (χ4n) is 2.79. The largest absolute Gasteiger partial charge is 0.493 e. The SMILES string of the molecule is COc1cc(-c2c(C(=O)O)c(N)[nH]c(=O)c2C(=O)O)ccc1OC(=O)c1ccco1. The highest BCUT2D eigenvalue weighted by Gasteiger charge is 2.27. The molecule has 0 radical (unpaired) electrons. The molecule has 11 nitrogen and oxygen atoms in total. The van der Waals surface area contributed by atoms with Crippen molar-refractivity contribution in [2.45, 2.75) is 0 Å². The van der Waals surface area contributed by atoms with E-state index in [0.717, 1.165) is 0 Å². The smallest absolute Gasteiger partial charge is 0.379 e. The van der Waals surface area contributed by atoms with Gasteiger partial charge in [-0.15, -0.1) is 0 Å². The summed E-state index contributed by atoms with van der Waals surface area (Å²) < 4.78 is 15.3. The standard InChI is InChI=1S/C19H14N2O9/c1-28-11-7-8(4-5-9(11)30-19(27)10-3-2-6-29-10)12-13(17(23)24)15(20)21-16(22)14(12)18(25)26/h2-7H,1H3,(H,23,24)(H,25,26)(H3,20,21,22). The number of nitrogens with two attached hydrogens (primary N) is 1. The van der Waals surface area contributed by atoms with Crippen molar-refractivity contribution in [1.82, 2.24) is 4.98 Å². The molecule has 0 aliphatic heterocycles. The summed E-state index contributed by atoms with van der Waals surface area (Å²) in [5, 5.41) is 19.0. The molecule has 2 aromatic heterocycles. The topological polar surface area (TPSA) is 182 Å². The summed E-state index contributed by atoms with van der Waals surface area (Å²) >= 11 is 0. The minimum absolute atomic E-state index is 0.00255. The molecule has 3 rings (SSSR count). The number of ether oxygens (including phenoxy) is 2. The maximum atomic E-state index is 12.1. The first kappa shape index (κ1) is 20.2. The van der Waals surface area contributed by atoms with Crippen LogP contribution in [0.4, 0.5) is 5.82 Å². The number of carboxylic acid groups (broad SMARTS) is 2. The van der Waals surface area contributed by atoms with Crippen LogP contribution in [0.1, 0.15) is 31.3 Å². The number of hydrogen-bond acceptors (Lipinski definition) is 8. The molecule has 11 heteroatoms. The molecule has 0 atom stereocenters. The molecule has 2 heterocycles. The molecular formula is C19H14N2O9. The fraction of sp³-hybridized carbons (Fsp3) is 0.0526. The van der Waals surface area contributed by atoms with Crippen LogP contribution < -0.4 is 20.8 Å². The zero-order valence-corrected chi connectivity index (χ0v) is 15.3. The number of nitrogens with one attached hydrogen (secondary N) is 1. The first-order valence-corrected chi connectivity index (χ1v) is 8.21. The Labute approximate surface area is 167 Å². The molecule has 0 aliphatic carbocycles. The van der Waals surface area contributed by atoms with Gasteiger partial charge in [0.2, 0.25) is 5.76 Å². The number of H-pyrrole nitrogens is 1. The number of carbonyl (C=O) groups excluding carboxylic acids is 1. The van der Waals surface area contributed by atoms with E-state index in [0.29, 0.717) is 0 Å². The van der Waals surface area contributed by atoms with Gasteiger partial charge < -0.3 is 34.8 Å². The third-order valence-electron chi connectivity index (χ3n) is 4.05. The van der Waals surface area contributed by atoms with E-state index in [1.54, 1.807) is 0 Å². The van der Waals surface area contributed by atoms with Crippen LogP contribution in [-0.2, 0) is 0 Å². The monoisotopic (exact) mass is 414 g/mol. The van der Waals surface area contributed by atoms with E-state index < -0.39 is 46.0 Å². The second-order valence-corrected chi connectivity index (χ2v) is 5.84. The molecule has 0 aliphatic rings. The lowest BCUT2D eigenvalue weighted by Gasteiger charge is -2.14. The summed E-state index contributed by atoms with van der Waals surface area (Å²) in [5.74, 6) is -4.67. The lowest BCUT2D eigenvalue weighted by molar-refractivity contribution is 0.0684. The lowest BCUT2D eigenvalue weighted by atomic mass is 9.95. The summed E-state index contributed by atoms with van der Waals surface area (Å²) in [7, 11) is 1.26. The van der Waals surface area contributed by atoms with Crippen LogP contribution in [-0.4, -0.2) is 40.2 Å². The van der Waals surface area contributed by atoms with Crippen LogP contribution in [0.15, 0.2) is 45.8 Å². The van der Waals surface area contributed by atoms with Gasteiger partial charge in [0.25, 0.3) is 5.56 Å². The number of carbonyl (C=O) groups is 3. The van der Waals surface area contributed by atoms with Crippen LogP contribution in [0.5, 0.6) is 11.5 Å². The Hall–Kier alpha value is -4.54. The summed E-state index contributed by atoms with van der Waals surface area (Å²) in [6.45, 7) is 0. The first-order valence-electron chi connectivity index (χ1n) is 8.21. The Morgan fingerprint density at radius 1 is 1.07 bits per heavy atom. The van der Waals surface area contributed by atoms with Gasteiger partial charge >= 0.3 is 17.9 Å². The van der Waals surface area contributed by atoms with E-state index in [2.05, 4.69) is 0 Å². The van der Waals surface area contributed by atoms with Crippen LogP contribution >= 0.6 is 0 Å². The van der Waals surface area contributed by atoms with Gasteiger partial charge in [0.15, 0.2) is 11.5 Å². The number of hydrogen-bond donors (Lipinski definition) is 4. The molecule has 0 unspecified atom stereocenters. The molecule has 1 aromatic carbocycles. The van der Waals surface area contributed by atoms with Crippen molar-refractivity contribution >= 4 is 23.7 Å². The second-order valence-electron chi connectivity index (χ2n) is 5.84. The minimum atomic E-state index is -1.65. The summed E-state index contributed by atoms with van der Waals surface area (Å²) in [4.78, 5) is 49.6. The molecule has 154 valence electrons. The Bertz CT molecular complexity index is 1210. The molecular weight excluding hydrogens is 400 g/mol. The van der Waals surface area contributed by atoms with Gasteiger partial charge in [-0.2, -0.15) is 0 Å². The first-order chi connectivity index (χ1) is 14.2. The van der Waals surface area contributed by atoms with Crippen molar-refractivity contribution in [3.63, 3.8) is 0 Å². The van der Waals surface area contributed by atoms with E-state index in [9.17, 15) is 29.4 Å². The zero-order valence-electron chi connectivity index (χ0n) is 15.3. The van der Waals surface area contributed by atoms with Crippen molar-refractivity contribution in [3.05, 3.63) is 63.8 Å². The van der Waals surface area contributed by atoms with E-state index >= 15 is 0 Å². The number of rotatable bonds is 6. The number of pyridine rings is 1. The summed E-state index contributed by atoms with van der Waals surface area (Å²) in [5.41, 5.74) is 2.69. The van der Waals surface area contributed by atoms with Gasteiger partial charge in [0, 0.05) is 5.56 Å². The van der Waals surface area contributed by atoms with Crippen molar-refractivity contribution in [1.29, 1.82) is 0 Å². The van der Waals surface area contributed by atoms with Crippen LogP contribution in [0.3, 0.4) is 0 Å². The average molecular weight is 414 g/mol. The van der Waals surface area contributed by atoms with Gasteiger partial charge in [0.05, 0.1) is 13.4 Å². The number of furan rings is 1. The number of aromatic nitrogens is 1. The molecule has 0 amide bonds. The fourth-order valence-corrected chi connectivity index (χ4v) is 2.79. The van der Waals surface area contributed by atoms with Gasteiger partial charge in [-0.05, 0) is 29.8 Å². The minimum Gasteiger partial charge on any atom is -0.493 e. The maximum Gasteiger partial charge on any atom is 0.379 e. The zero-order chi connectivity index (χ0) is 22.0. The van der Waals surface area contributed by atoms with Crippen molar-refractivity contribution < 1.29 is 38.5 Å². The number of aromatic carboxylic acids is 2. The molecule has 0 spiro atoms. The van der Waals surface area contributed by atoms with Crippen molar-refractivity contribution in [2.24, 2.45) is 0 Å². The predicted octanol–water partition coefficient (Wildman–Crippen LogP) is 1.84. The van der Waals surface area contributed by atoms with E-state index in [1.165, 1.54) is 43.7 Å². The quantitative estimate of drug-likeness (QED) is 0.343. The number of anilines is 1. The summed E-state index contributed by atoms with van der Waals surface area (Å²) in [6, 6.07) is 6.62. The third kappa shape index (κ3) is 3.58. The van der Waals surface area contributed by atoms with Crippen molar-refractivity contribution in [3.8, 4) is 22.6 Å². The number of nitrogen functional groups attached to an aromatic ring is 1. The Morgan fingerprint density at radius 3 is 2.33 bits per heavy atom. The Kier molecular flexibility index (Phi) is 5.27. The number of aromatic amines is 1. The van der Waals surface area contributed by atoms with Gasteiger partial charge in [0.1, 0.15) is 16.9 Å². The van der Waals surface area contributed by atoms with Gasteiger partial charge in [-0.25, -0.2) is 14.4 Å². The Morgan fingerprint density at radius 2 is 1.77 bits per heavy atom. The molecule has 5 N–H and O–H groups in total. The normalized spacial score (nSPS) is 10.4. The van der Waals surface area contributed by atoms with E-state index in [4.69, 9.17) is 19.6 Å². The Balaban J connectivity index is 2.17. The van der Waals surface area contributed by atoms with E-state index in [1.807, 2.05) is 4.98 Å². The number of methoxy groups -OCH3 is 1. The third-order valence-corrected chi connectivity index (χ3v) is 4.05. The summed E-state index contributed by atoms with van der Waals surface area (Å²) in [6.07, 6.45) is 1.29. The lowest BCUT2D eigenvalue weighted by Crippen LogP contribution is -2.24. The second kappa shape index (κ2) is 7.83. The molecule has 30 heavy (non-hydrogen) atoms. The highest BCUT2D eigenvalue weighted by molar-refractivity contribution is 6.07. The molecule has 0 saturated carbocycles. The molecule has 0 saturated heterocycles. The number of carboxylic acids is 2. The molecule has 3 aromatic rings. The van der Waals surface area contributed by atoms with E-state index in [-0.39, 0.29) is 22.8 Å². The van der Waals surface area contributed by atoms with Crippen LogP contribution in [0.2, 0.25) is 0 Å². The van der Waals surface area contributed by atoms with Gasteiger partial charge in [-0.3, -0.25) is 4.79 Å². The maximum absolute atomic E-state index is 12.1. The van der Waals surface area contributed by atoms with Crippen LogP contribution in [0.25, 0.3) is 11.1 Å². The molecule has 0 fully saturated rings.